The van der Waals surface area contributed by atoms with E-state index >= 15 is 0 Å². The van der Waals surface area contributed by atoms with Gasteiger partial charge < -0.3 is 14.2 Å². The average Bonchev–Trinajstić information content (AvgIpc) is 2.77. The van der Waals surface area contributed by atoms with Crippen LogP contribution in [0.3, 0.4) is 0 Å². The van der Waals surface area contributed by atoms with E-state index in [2.05, 4.69) is 0 Å². The first kappa shape index (κ1) is 26.6. The van der Waals surface area contributed by atoms with Crippen molar-refractivity contribution in [2.24, 2.45) is 0 Å². The monoisotopic (exact) mass is 492 g/mol. The summed E-state index contributed by atoms with van der Waals surface area (Å²) in [5.41, 5.74) is -1.74. The van der Waals surface area contributed by atoms with Crippen molar-refractivity contribution in [1.29, 1.82) is 0 Å². The molecule has 2 aromatic carbocycles. The molecule has 0 aliphatic carbocycles. The fourth-order valence-corrected chi connectivity index (χ4v) is 3.72. The lowest BCUT2D eigenvalue weighted by molar-refractivity contribution is -0.179. The van der Waals surface area contributed by atoms with Gasteiger partial charge in [0.1, 0.15) is 24.0 Å². The molecule has 2 aromatic rings. The molecule has 1 saturated heterocycles. The highest BCUT2D eigenvalue weighted by molar-refractivity contribution is 5.84. The van der Waals surface area contributed by atoms with Crippen molar-refractivity contribution in [3.8, 4) is 0 Å². The van der Waals surface area contributed by atoms with Crippen molar-refractivity contribution in [3.63, 3.8) is 0 Å². The molecule has 8 heteroatoms. The molecule has 188 valence electrons. The van der Waals surface area contributed by atoms with E-state index in [1.807, 2.05) is 0 Å². The highest BCUT2D eigenvalue weighted by atomic mass is 19.3. The molecule has 0 radical (unpaired) electrons. The number of hydrogen-bond donors (Lipinski definition) is 0. The molecule has 0 amide bonds. The van der Waals surface area contributed by atoms with Gasteiger partial charge in [-0.25, -0.2) is 17.6 Å². The summed E-state index contributed by atoms with van der Waals surface area (Å²) in [7, 11) is 0. The number of esters is 1. The summed E-state index contributed by atoms with van der Waals surface area (Å²) in [5.74, 6) is -1.95. The Hall–Kier alpha value is -2.97. The number of ether oxygens (including phenoxy) is 3. The normalized spacial score (nSPS) is 18.6. The number of carbonyl (C=O) groups excluding carboxylic acids is 1. The molecule has 0 spiro atoms. The molecule has 2 atom stereocenters. The molecular formula is C27H28F4O4. The lowest BCUT2D eigenvalue weighted by Crippen LogP contribution is -2.34. The number of rotatable bonds is 7. The predicted octanol–water partition coefficient (Wildman–Crippen LogP) is 6.45. The molecule has 35 heavy (non-hydrogen) atoms. The summed E-state index contributed by atoms with van der Waals surface area (Å²) in [6.45, 7) is 5.12. The molecule has 4 nitrogen and oxygen atoms in total. The summed E-state index contributed by atoms with van der Waals surface area (Å²) < 4.78 is 74.1. The quantitative estimate of drug-likeness (QED) is 0.253. The molecule has 1 aliphatic heterocycles. The smallest absolute Gasteiger partial charge is 0.308 e. The Morgan fingerprint density at radius 3 is 2.11 bits per heavy atom. The van der Waals surface area contributed by atoms with Crippen molar-refractivity contribution in [3.05, 3.63) is 89.0 Å². The van der Waals surface area contributed by atoms with Crippen molar-refractivity contribution in [1.82, 2.24) is 0 Å². The molecule has 0 bridgehead atoms. The Morgan fingerprint density at radius 2 is 1.60 bits per heavy atom. The molecule has 0 aromatic heterocycles. The second-order valence-corrected chi connectivity index (χ2v) is 9.09. The Balaban J connectivity index is 1.92. The summed E-state index contributed by atoms with van der Waals surface area (Å²) in [6.07, 6.45) is -1.47. The second-order valence-electron chi connectivity index (χ2n) is 9.09. The highest BCUT2D eigenvalue weighted by Gasteiger charge is 2.27. The minimum absolute atomic E-state index is 0.0157. The van der Waals surface area contributed by atoms with Crippen LogP contribution in [0.1, 0.15) is 44.7 Å². The van der Waals surface area contributed by atoms with Crippen molar-refractivity contribution in [2.45, 2.75) is 57.8 Å². The van der Waals surface area contributed by atoms with Gasteiger partial charge in [0.05, 0.1) is 18.6 Å². The van der Waals surface area contributed by atoms with Gasteiger partial charge >= 0.3 is 5.97 Å². The van der Waals surface area contributed by atoms with Gasteiger partial charge in [-0.1, -0.05) is 48.6 Å². The van der Waals surface area contributed by atoms with Gasteiger partial charge in [-0.05, 0) is 32.9 Å². The van der Waals surface area contributed by atoms with Crippen LogP contribution in [0.25, 0.3) is 5.57 Å². The topological polar surface area (TPSA) is 44.8 Å². The number of benzene rings is 2. The second kappa shape index (κ2) is 11.6. The van der Waals surface area contributed by atoms with E-state index in [0.717, 1.165) is 18.2 Å². The number of allylic oxidation sites excluding steroid dienone is 2. The van der Waals surface area contributed by atoms with E-state index in [9.17, 15) is 22.4 Å². The van der Waals surface area contributed by atoms with Crippen LogP contribution in [0.2, 0.25) is 0 Å². The highest BCUT2D eigenvalue weighted by Crippen LogP contribution is 2.34. The van der Waals surface area contributed by atoms with E-state index in [1.54, 1.807) is 20.8 Å². The fourth-order valence-electron chi connectivity index (χ4n) is 3.72. The van der Waals surface area contributed by atoms with Crippen molar-refractivity contribution >= 4 is 11.5 Å². The molecular weight excluding hydrogens is 464 g/mol. The Morgan fingerprint density at radius 1 is 1.03 bits per heavy atom. The van der Waals surface area contributed by atoms with Crippen LogP contribution in [-0.2, 0) is 19.0 Å². The maximum Gasteiger partial charge on any atom is 0.308 e. The Labute approximate surface area is 202 Å². The molecule has 1 aliphatic rings. The van der Waals surface area contributed by atoms with Crippen LogP contribution in [0.15, 0.2) is 66.3 Å². The Kier molecular flexibility index (Phi) is 8.86. The van der Waals surface area contributed by atoms with Gasteiger partial charge in [0.15, 0.2) is 0 Å². The van der Waals surface area contributed by atoms with Gasteiger partial charge in [0, 0.05) is 28.7 Å². The van der Waals surface area contributed by atoms with Crippen LogP contribution >= 0.6 is 0 Å². The summed E-state index contributed by atoms with van der Waals surface area (Å²) in [4.78, 5) is 12.1. The largest absolute Gasteiger partial charge is 0.460 e. The van der Waals surface area contributed by atoms with E-state index in [4.69, 9.17) is 14.2 Å². The van der Waals surface area contributed by atoms with E-state index < -0.39 is 47.4 Å². The number of halogens is 4. The van der Waals surface area contributed by atoms with Crippen LogP contribution in [0, 0.1) is 11.6 Å². The van der Waals surface area contributed by atoms with Gasteiger partial charge in [-0.3, -0.25) is 4.79 Å². The van der Waals surface area contributed by atoms with E-state index in [0.29, 0.717) is 0 Å². The van der Waals surface area contributed by atoms with Crippen LogP contribution < -0.4 is 0 Å². The fraction of sp³-hybridized carbons (Fsp3) is 0.370. The van der Waals surface area contributed by atoms with Crippen LogP contribution in [-0.4, -0.2) is 37.0 Å². The number of alkyl halides is 2. The van der Waals surface area contributed by atoms with Crippen molar-refractivity contribution < 1.29 is 36.6 Å². The van der Waals surface area contributed by atoms with Crippen LogP contribution in [0.5, 0.6) is 0 Å². The summed E-state index contributed by atoms with van der Waals surface area (Å²) in [5, 5.41) is 0. The third-order valence-electron chi connectivity index (χ3n) is 5.20. The molecule has 2 unspecified atom stereocenters. The zero-order valence-corrected chi connectivity index (χ0v) is 19.8. The first-order valence-electron chi connectivity index (χ1n) is 11.2. The Bertz CT molecular complexity index is 1040. The minimum Gasteiger partial charge on any atom is -0.460 e. The van der Waals surface area contributed by atoms with Gasteiger partial charge in [0.2, 0.25) is 0 Å². The molecule has 3 rings (SSSR count). The zero-order valence-electron chi connectivity index (χ0n) is 19.8. The minimum atomic E-state index is -3.03. The lowest BCUT2D eigenvalue weighted by atomic mass is 9.91. The van der Waals surface area contributed by atoms with E-state index in [1.165, 1.54) is 42.5 Å². The first-order valence-corrected chi connectivity index (χ1v) is 11.2. The maximum atomic E-state index is 14.7. The van der Waals surface area contributed by atoms with Gasteiger partial charge in [-0.2, -0.15) is 0 Å². The van der Waals surface area contributed by atoms with Crippen LogP contribution in [0.4, 0.5) is 17.6 Å². The summed E-state index contributed by atoms with van der Waals surface area (Å²) in [6, 6.07) is 10.8. The first-order chi connectivity index (χ1) is 16.5. The molecule has 1 heterocycles. The standard InChI is InChI=1S/C27H28F4O4/c1-27(2,3)35-24(32)15-18-14-17(33-16-34-18)12-13-21(26(30)31)25(19-8-4-6-10-22(19)28)20-9-5-7-11-23(20)29/h4-13,17-18,26H,14-16H2,1-3H3/b13-12+. The average molecular weight is 493 g/mol. The molecule has 0 N–H and O–H groups in total. The SMILES string of the molecule is CC(C)(C)OC(=O)CC1CC(/C=C/C(=C(c2ccccc2F)c2ccccc2F)C(F)F)OCO1. The van der Waals surface area contributed by atoms with Crippen molar-refractivity contribution in [2.75, 3.05) is 6.79 Å². The van der Waals surface area contributed by atoms with Gasteiger partial charge in [0.25, 0.3) is 6.43 Å². The lowest BCUT2D eigenvalue weighted by Gasteiger charge is -2.29. The zero-order chi connectivity index (χ0) is 25.6. The third-order valence-corrected chi connectivity index (χ3v) is 5.20. The third kappa shape index (κ3) is 7.50. The summed E-state index contributed by atoms with van der Waals surface area (Å²) >= 11 is 0. The van der Waals surface area contributed by atoms with E-state index in [-0.39, 0.29) is 36.3 Å². The maximum absolute atomic E-state index is 14.7. The molecule has 1 fully saturated rings. The van der Waals surface area contributed by atoms with Gasteiger partial charge in [-0.15, -0.1) is 0 Å². The molecule has 0 saturated carbocycles. The number of carbonyl (C=O) groups is 1. The predicted molar refractivity (Wildman–Crippen MR) is 124 cm³/mol. The number of hydrogen-bond acceptors (Lipinski definition) is 4.